The van der Waals surface area contributed by atoms with Crippen LogP contribution in [0.4, 0.5) is 4.39 Å². The van der Waals surface area contributed by atoms with Crippen LogP contribution in [0.1, 0.15) is 17.2 Å². The van der Waals surface area contributed by atoms with Crippen LogP contribution < -0.4 is 10.5 Å². The van der Waals surface area contributed by atoms with Gasteiger partial charge in [0.05, 0.1) is 6.04 Å². The number of fused-ring (bicyclic) bond motifs is 1. The molecule has 0 amide bonds. The first kappa shape index (κ1) is 13.5. The molecule has 0 aromatic heterocycles. The minimum absolute atomic E-state index is 0.0974. The van der Waals surface area contributed by atoms with Crippen molar-refractivity contribution in [1.29, 1.82) is 0 Å². The smallest absolute Gasteiger partial charge is 0.133 e. The zero-order chi connectivity index (χ0) is 14.1. The van der Waals surface area contributed by atoms with E-state index in [9.17, 15) is 4.39 Å². The third kappa shape index (κ3) is 2.53. The summed E-state index contributed by atoms with van der Waals surface area (Å²) in [4.78, 5) is 1.14. The lowest BCUT2D eigenvalue weighted by molar-refractivity contribution is 0.185. The van der Waals surface area contributed by atoms with Crippen LogP contribution in [-0.2, 0) is 0 Å². The third-order valence-corrected chi connectivity index (χ3v) is 4.64. The number of ether oxygens (including phenoxy) is 1. The minimum atomic E-state index is -0.254. The van der Waals surface area contributed by atoms with Crippen molar-refractivity contribution in [3.05, 3.63) is 59.4 Å². The molecule has 1 aliphatic rings. The molecule has 3 rings (SSSR count). The molecule has 2 atom stereocenters. The van der Waals surface area contributed by atoms with Crippen LogP contribution in [-0.4, -0.2) is 11.9 Å². The summed E-state index contributed by atoms with van der Waals surface area (Å²) < 4.78 is 19.3. The first-order valence-corrected chi connectivity index (χ1v) is 7.54. The second kappa shape index (κ2) is 5.46. The first-order valence-electron chi connectivity index (χ1n) is 6.55. The second-order valence-electron chi connectivity index (χ2n) is 4.95. The fourth-order valence-corrected chi connectivity index (χ4v) is 3.36. The van der Waals surface area contributed by atoms with Crippen molar-refractivity contribution in [2.45, 2.75) is 24.0 Å². The highest BCUT2D eigenvalue weighted by Crippen LogP contribution is 2.37. The highest BCUT2D eigenvalue weighted by molar-refractivity contribution is 7.99. The number of nitrogens with two attached hydrogens (primary N) is 1. The Labute approximate surface area is 122 Å². The summed E-state index contributed by atoms with van der Waals surface area (Å²) in [5.74, 6) is 1.47. The standard InChI is InChI=1S/C16H16FNOS/c1-10-8-11(6-7-12(10)17)16(18)14-9-20-15-5-3-2-4-13(15)19-14/h2-8,14,16H,9,18H2,1H3. The van der Waals surface area contributed by atoms with Gasteiger partial charge in [-0.05, 0) is 36.2 Å². The predicted molar refractivity (Wildman–Crippen MR) is 79.6 cm³/mol. The summed E-state index contributed by atoms with van der Waals surface area (Å²) in [5, 5.41) is 0. The van der Waals surface area contributed by atoms with Crippen molar-refractivity contribution in [1.82, 2.24) is 0 Å². The molecule has 2 N–H and O–H groups in total. The van der Waals surface area contributed by atoms with E-state index < -0.39 is 0 Å². The predicted octanol–water partition coefficient (Wildman–Crippen LogP) is 3.69. The fraction of sp³-hybridized carbons (Fsp3) is 0.250. The van der Waals surface area contributed by atoms with E-state index in [2.05, 4.69) is 0 Å². The summed E-state index contributed by atoms with van der Waals surface area (Å²) in [6, 6.07) is 12.7. The van der Waals surface area contributed by atoms with Crippen LogP contribution >= 0.6 is 11.8 Å². The topological polar surface area (TPSA) is 35.2 Å². The van der Waals surface area contributed by atoms with Gasteiger partial charge < -0.3 is 10.5 Å². The van der Waals surface area contributed by atoms with Gasteiger partial charge in [-0.15, -0.1) is 11.8 Å². The Morgan fingerprint density at radius 2 is 2.10 bits per heavy atom. The average Bonchev–Trinajstić information content (AvgIpc) is 2.49. The molecule has 1 heterocycles. The number of halogens is 1. The van der Waals surface area contributed by atoms with Gasteiger partial charge in [0.1, 0.15) is 17.7 Å². The molecule has 20 heavy (non-hydrogen) atoms. The van der Waals surface area contributed by atoms with Crippen LogP contribution in [0.2, 0.25) is 0 Å². The van der Waals surface area contributed by atoms with E-state index in [1.165, 1.54) is 6.07 Å². The molecular weight excluding hydrogens is 273 g/mol. The molecule has 0 saturated carbocycles. The van der Waals surface area contributed by atoms with E-state index in [0.717, 1.165) is 22.0 Å². The Morgan fingerprint density at radius 3 is 2.90 bits per heavy atom. The Bertz CT molecular complexity index is 632. The van der Waals surface area contributed by atoms with Crippen LogP contribution in [0.3, 0.4) is 0 Å². The van der Waals surface area contributed by atoms with Gasteiger partial charge in [0.2, 0.25) is 0 Å². The van der Waals surface area contributed by atoms with E-state index >= 15 is 0 Å². The summed E-state index contributed by atoms with van der Waals surface area (Å²) in [6.45, 7) is 1.75. The maximum absolute atomic E-state index is 13.3. The van der Waals surface area contributed by atoms with E-state index in [-0.39, 0.29) is 18.0 Å². The van der Waals surface area contributed by atoms with E-state index in [0.29, 0.717) is 5.56 Å². The summed E-state index contributed by atoms with van der Waals surface area (Å²) >= 11 is 1.75. The largest absolute Gasteiger partial charge is 0.486 e. The highest BCUT2D eigenvalue weighted by Gasteiger charge is 2.27. The molecule has 2 unspecified atom stereocenters. The van der Waals surface area contributed by atoms with Crippen LogP contribution in [0.5, 0.6) is 5.75 Å². The molecule has 0 bridgehead atoms. The minimum Gasteiger partial charge on any atom is -0.486 e. The summed E-state index contributed by atoms with van der Waals surface area (Å²) in [5.41, 5.74) is 7.81. The molecular formula is C16H16FNOS. The Balaban J connectivity index is 1.82. The van der Waals surface area contributed by atoms with E-state index in [1.54, 1.807) is 30.8 Å². The van der Waals surface area contributed by atoms with E-state index in [4.69, 9.17) is 10.5 Å². The maximum atomic E-state index is 13.3. The highest BCUT2D eigenvalue weighted by atomic mass is 32.2. The third-order valence-electron chi connectivity index (χ3n) is 3.50. The Hall–Kier alpha value is -1.52. The zero-order valence-electron chi connectivity index (χ0n) is 11.2. The number of thioether (sulfide) groups is 1. The Morgan fingerprint density at radius 1 is 1.30 bits per heavy atom. The van der Waals surface area contributed by atoms with Crippen molar-refractivity contribution >= 4 is 11.8 Å². The van der Waals surface area contributed by atoms with Crippen LogP contribution in [0.25, 0.3) is 0 Å². The van der Waals surface area contributed by atoms with Gasteiger partial charge >= 0.3 is 0 Å². The lowest BCUT2D eigenvalue weighted by Crippen LogP contribution is -2.35. The second-order valence-corrected chi connectivity index (χ2v) is 6.01. The van der Waals surface area contributed by atoms with Crippen molar-refractivity contribution in [2.75, 3.05) is 5.75 Å². The molecule has 1 aliphatic heterocycles. The van der Waals surface area contributed by atoms with Gasteiger partial charge in [-0.1, -0.05) is 24.3 Å². The number of hydrogen-bond acceptors (Lipinski definition) is 3. The summed E-state index contributed by atoms with van der Waals surface area (Å²) in [7, 11) is 0. The van der Waals surface area contributed by atoms with Gasteiger partial charge in [0.25, 0.3) is 0 Å². The van der Waals surface area contributed by atoms with Crippen molar-refractivity contribution in [2.24, 2.45) is 5.73 Å². The van der Waals surface area contributed by atoms with E-state index in [1.807, 2.05) is 24.3 Å². The van der Waals surface area contributed by atoms with Crippen LogP contribution in [0, 0.1) is 12.7 Å². The molecule has 0 fully saturated rings. The number of rotatable bonds is 2. The lowest BCUT2D eigenvalue weighted by atomic mass is 10.0. The first-order chi connectivity index (χ1) is 9.65. The van der Waals surface area contributed by atoms with Gasteiger partial charge in [-0.2, -0.15) is 0 Å². The molecule has 0 aliphatic carbocycles. The normalized spacial score (nSPS) is 19.1. The number of hydrogen-bond donors (Lipinski definition) is 1. The summed E-state index contributed by atoms with van der Waals surface area (Å²) in [6.07, 6.45) is -0.0974. The molecule has 0 spiro atoms. The van der Waals surface area contributed by atoms with Gasteiger partial charge in [0, 0.05) is 10.6 Å². The molecule has 2 nitrogen and oxygen atoms in total. The zero-order valence-corrected chi connectivity index (χ0v) is 12.0. The van der Waals surface area contributed by atoms with Crippen molar-refractivity contribution < 1.29 is 9.13 Å². The van der Waals surface area contributed by atoms with Gasteiger partial charge in [-0.25, -0.2) is 4.39 Å². The van der Waals surface area contributed by atoms with Gasteiger partial charge in [-0.3, -0.25) is 0 Å². The molecule has 2 aromatic carbocycles. The number of benzene rings is 2. The maximum Gasteiger partial charge on any atom is 0.133 e. The Kier molecular flexibility index (Phi) is 3.68. The monoisotopic (exact) mass is 289 g/mol. The van der Waals surface area contributed by atoms with Crippen molar-refractivity contribution in [3.8, 4) is 5.75 Å². The molecule has 0 radical (unpaired) electrons. The molecule has 104 valence electrons. The average molecular weight is 289 g/mol. The number of para-hydroxylation sites is 1. The lowest BCUT2D eigenvalue weighted by Gasteiger charge is -2.30. The molecule has 0 saturated heterocycles. The fourth-order valence-electron chi connectivity index (χ4n) is 2.30. The van der Waals surface area contributed by atoms with Crippen LogP contribution in [0.15, 0.2) is 47.4 Å². The quantitative estimate of drug-likeness (QED) is 0.916. The molecule has 4 heteroatoms. The number of aryl methyl sites for hydroxylation is 1. The van der Waals surface area contributed by atoms with Gasteiger partial charge in [0.15, 0.2) is 0 Å². The molecule has 2 aromatic rings. The van der Waals surface area contributed by atoms with Crippen molar-refractivity contribution in [3.63, 3.8) is 0 Å². The SMILES string of the molecule is Cc1cc(C(N)C2CSc3ccccc3O2)ccc1F.